The quantitative estimate of drug-likeness (QED) is 0.117. The summed E-state index contributed by atoms with van der Waals surface area (Å²) in [7, 11) is 0. The molecule has 240 valence electrons. The molecular formula is C42H64Sn2. The van der Waals surface area contributed by atoms with Crippen molar-refractivity contribution in [1.29, 1.82) is 0 Å². The summed E-state index contributed by atoms with van der Waals surface area (Å²) in [6.07, 6.45) is 22.2. The zero-order valence-corrected chi connectivity index (χ0v) is 35.2. The zero-order valence-electron chi connectivity index (χ0n) is 29.5. The molecule has 2 aromatic rings. The molecule has 44 heavy (non-hydrogen) atoms. The van der Waals surface area contributed by atoms with Crippen molar-refractivity contribution in [2.24, 2.45) is 0 Å². The van der Waals surface area contributed by atoms with E-state index in [1.54, 1.807) is 33.4 Å². The fourth-order valence-corrected chi connectivity index (χ4v) is 42.1. The fourth-order valence-electron chi connectivity index (χ4n) is 8.48. The molecule has 0 aromatic heterocycles. The normalized spacial score (nSPS) is 16.2. The summed E-state index contributed by atoms with van der Waals surface area (Å²) in [6.45, 7) is 14.5. The van der Waals surface area contributed by atoms with E-state index in [0.717, 1.165) is 0 Å². The SMILES string of the molecule is CCC[CH2][Sn]([CH2]CCC)([CH2]CCC)[C]1=C/C(=C2/C=[C]([Sn]([CH2]CCC)([CH2]CCC)[CH2]CCC)c3ccccc32)c2ccccc21. The summed E-state index contributed by atoms with van der Waals surface area (Å²) in [4.78, 5) is 0. The van der Waals surface area contributed by atoms with Crippen molar-refractivity contribution in [1.82, 2.24) is 0 Å². The van der Waals surface area contributed by atoms with Crippen LogP contribution in [0.4, 0.5) is 0 Å². The van der Waals surface area contributed by atoms with Crippen molar-refractivity contribution in [3.63, 3.8) is 0 Å². The summed E-state index contributed by atoms with van der Waals surface area (Å²) in [5.74, 6) is 0. The molecule has 2 heteroatoms. The van der Waals surface area contributed by atoms with E-state index in [2.05, 4.69) is 102 Å². The van der Waals surface area contributed by atoms with Gasteiger partial charge in [0.05, 0.1) is 0 Å². The van der Waals surface area contributed by atoms with Crippen LogP contribution < -0.4 is 0 Å². The molecule has 4 rings (SSSR count). The third-order valence-corrected chi connectivity index (χ3v) is 42.4. The average Bonchev–Trinajstić information content (AvgIpc) is 3.64. The van der Waals surface area contributed by atoms with Gasteiger partial charge in [0, 0.05) is 0 Å². The molecule has 0 spiro atoms. The standard InChI is InChI=1S/C18H10.6C4H9.2Sn/c1-3-7-15-13(5-1)9-11-17(15)18-12-10-14-6-2-4-8-16(14)18;6*1-3-4-2;;/h1-8,11-12H;6*1,3-4H2,2H3;;/b18-17+;;;;;;;;. The molecule has 0 unspecified atom stereocenters. The number of rotatable bonds is 20. The van der Waals surface area contributed by atoms with Gasteiger partial charge in [0.25, 0.3) is 0 Å². The third kappa shape index (κ3) is 8.03. The van der Waals surface area contributed by atoms with Crippen LogP contribution in [0.5, 0.6) is 0 Å². The van der Waals surface area contributed by atoms with Crippen LogP contribution in [0.1, 0.15) is 141 Å². The molecular weight excluding hydrogens is 742 g/mol. The number of unbranched alkanes of at least 4 members (excludes halogenated alkanes) is 6. The number of hydrogen-bond donors (Lipinski definition) is 0. The fraction of sp³-hybridized carbons (Fsp3) is 0.571. The van der Waals surface area contributed by atoms with Gasteiger partial charge in [0.2, 0.25) is 0 Å². The molecule has 0 saturated heterocycles. The monoisotopic (exact) mass is 808 g/mol. The first kappa shape index (κ1) is 36.1. The Morgan fingerprint density at radius 3 is 0.864 bits per heavy atom. The van der Waals surface area contributed by atoms with Crippen LogP contribution in [0.25, 0.3) is 18.3 Å². The average molecular weight is 806 g/mol. The van der Waals surface area contributed by atoms with Crippen LogP contribution in [0, 0.1) is 0 Å². The van der Waals surface area contributed by atoms with Crippen molar-refractivity contribution in [2.45, 2.75) is 145 Å². The molecule has 0 amide bonds. The molecule has 0 nitrogen and oxygen atoms in total. The molecule has 0 saturated carbocycles. The Kier molecular flexibility index (Phi) is 14.7. The first-order valence-electron chi connectivity index (χ1n) is 18.9. The van der Waals surface area contributed by atoms with Gasteiger partial charge in [-0.25, -0.2) is 0 Å². The Hall–Kier alpha value is -0.743. The maximum absolute atomic E-state index is 2.81. The van der Waals surface area contributed by atoms with Gasteiger partial charge in [0.15, 0.2) is 0 Å². The number of fused-ring (bicyclic) bond motifs is 2. The summed E-state index contributed by atoms with van der Waals surface area (Å²) in [5, 5.41) is 0. The molecule has 2 aromatic carbocycles. The molecule has 0 heterocycles. The van der Waals surface area contributed by atoms with E-state index in [1.165, 1.54) is 104 Å². The van der Waals surface area contributed by atoms with E-state index in [9.17, 15) is 0 Å². The van der Waals surface area contributed by atoms with Crippen LogP contribution >= 0.6 is 0 Å². The Morgan fingerprint density at radius 1 is 0.364 bits per heavy atom. The molecule has 0 fully saturated rings. The Balaban J connectivity index is 1.97. The van der Waals surface area contributed by atoms with Crippen LogP contribution in [-0.2, 0) is 0 Å². The predicted molar refractivity (Wildman–Crippen MR) is 205 cm³/mol. The summed E-state index contributed by atoms with van der Waals surface area (Å²) >= 11 is -5.28. The van der Waals surface area contributed by atoms with Crippen LogP contribution in [0.3, 0.4) is 0 Å². The van der Waals surface area contributed by atoms with Crippen LogP contribution in [0.15, 0.2) is 60.7 Å². The van der Waals surface area contributed by atoms with Gasteiger partial charge < -0.3 is 0 Å². The number of benzene rings is 2. The van der Waals surface area contributed by atoms with Gasteiger partial charge in [-0.1, -0.05) is 0 Å². The molecule has 0 N–H and O–H groups in total. The topological polar surface area (TPSA) is 0 Å². The summed E-state index contributed by atoms with van der Waals surface area (Å²) < 4.78 is 13.0. The van der Waals surface area contributed by atoms with E-state index < -0.39 is 36.8 Å². The van der Waals surface area contributed by atoms with Gasteiger partial charge >= 0.3 is 283 Å². The summed E-state index contributed by atoms with van der Waals surface area (Å²) in [6, 6.07) is 19.3. The predicted octanol–water partition coefficient (Wildman–Crippen LogP) is 14.2. The second kappa shape index (κ2) is 18.0. The second-order valence-corrected chi connectivity index (χ2v) is 40.5. The molecule has 2 aliphatic rings. The second-order valence-electron chi connectivity index (χ2n) is 14.2. The molecule has 0 bridgehead atoms. The van der Waals surface area contributed by atoms with Gasteiger partial charge in [-0.15, -0.1) is 0 Å². The van der Waals surface area contributed by atoms with Crippen LogP contribution in [0.2, 0.25) is 26.6 Å². The van der Waals surface area contributed by atoms with Gasteiger partial charge in [0.1, 0.15) is 0 Å². The molecule has 2 aliphatic carbocycles. The van der Waals surface area contributed by atoms with Crippen LogP contribution in [-0.4, -0.2) is 36.8 Å². The van der Waals surface area contributed by atoms with Crippen molar-refractivity contribution in [2.75, 3.05) is 0 Å². The molecule has 0 radical (unpaired) electrons. The third-order valence-electron chi connectivity index (χ3n) is 11.1. The molecule has 0 aliphatic heterocycles. The summed E-state index contributed by atoms with van der Waals surface area (Å²) in [5.41, 5.74) is 9.51. The Bertz CT molecular complexity index is 1150. The van der Waals surface area contributed by atoms with E-state index in [0.29, 0.717) is 0 Å². The van der Waals surface area contributed by atoms with Gasteiger partial charge in [-0.3, -0.25) is 0 Å². The van der Waals surface area contributed by atoms with Crippen molar-refractivity contribution >= 4 is 55.1 Å². The molecule has 0 atom stereocenters. The van der Waals surface area contributed by atoms with E-state index >= 15 is 0 Å². The van der Waals surface area contributed by atoms with Gasteiger partial charge in [-0.2, -0.15) is 0 Å². The van der Waals surface area contributed by atoms with E-state index in [-0.39, 0.29) is 0 Å². The zero-order chi connectivity index (χ0) is 31.4. The minimum atomic E-state index is -2.64. The Morgan fingerprint density at radius 2 is 0.614 bits per heavy atom. The van der Waals surface area contributed by atoms with Gasteiger partial charge in [-0.05, 0) is 0 Å². The maximum atomic E-state index is 2.81. The Labute approximate surface area is 281 Å². The van der Waals surface area contributed by atoms with Crippen molar-refractivity contribution in [3.8, 4) is 0 Å². The van der Waals surface area contributed by atoms with E-state index in [4.69, 9.17) is 0 Å². The first-order valence-corrected chi connectivity index (χ1v) is 33.9. The minimum absolute atomic E-state index is 1.33. The van der Waals surface area contributed by atoms with Crippen molar-refractivity contribution in [3.05, 3.63) is 82.9 Å². The van der Waals surface area contributed by atoms with E-state index in [1.807, 2.05) is 7.18 Å². The van der Waals surface area contributed by atoms with Crippen molar-refractivity contribution < 1.29 is 0 Å². The number of hydrogen-bond acceptors (Lipinski definition) is 0. The first-order chi connectivity index (χ1) is 21.5. The number of allylic oxidation sites excluding steroid dienone is 4.